The number of nitrogens with zero attached hydrogens (tertiary/aromatic N) is 1. The highest BCUT2D eigenvalue weighted by molar-refractivity contribution is 9.11. The standard InChI is InChI=1S/C11H13Br2NO/c1-3-14(4-2)11(15)8-5-9(12)7-10(13)6-8/h5-7H,3-4H2,1-2H3. The molecule has 0 unspecified atom stereocenters. The van der Waals surface area contributed by atoms with Gasteiger partial charge in [-0.25, -0.2) is 0 Å². The van der Waals surface area contributed by atoms with Crippen molar-refractivity contribution in [1.29, 1.82) is 0 Å². The molecule has 1 aromatic carbocycles. The first-order chi connectivity index (χ1) is 7.08. The molecule has 4 heteroatoms. The summed E-state index contributed by atoms with van der Waals surface area (Å²) < 4.78 is 1.82. The molecule has 0 N–H and O–H groups in total. The Hall–Kier alpha value is -0.350. The monoisotopic (exact) mass is 333 g/mol. The first-order valence-corrected chi connectivity index (χ1v) is 6.42. The van der Waals surface area contributed by atoms with Gasteiger partial charge in [0.1, 0.15) is 0 Å². The minimum absolute atomic E-state index is 0.0713. The molecule has 0 heterocycles. The van der Waals surface area contributed by atoms with Gasteiger partial charge in [-0.05, 0) is 32.0 Å². The van der Waals surface area contributed by atoms with Gasteiger partial charge in [0.25, 0.3) is 5.91 Å². The molecule has 0 aromatic heterocycles. The lowest BCUT2D eigenvalue weighted by atomic mass is 10.2. The predicted octanol–water partition coefficient (Wildman–Crippen LogP) is 3.69. The summed E-state index contributed by atoms with van der Waals surface area (Å²) in [6, 6.07) is 5.59. The number of benzene rings is 1. The van der Waals surface area contributed by atoms with Crippen molar-refractivity contribution in [3.63, 3.8) is 0 Å². The van der Waals surface area contributed by atoms with Crippen molar-refractivity contribution in [2.24, 2.45) is 0 Å². The average Bonchev–Trinajstić information content (AvgIpc) is 2.18. The zero-order valence-corrected chi connectivity index (χ0v) is 11.9. The van der Waals surface area contributed by atoms with E-state index in [0.29, 0.717) is 5.56 Å². The highest BCUT2D eigenvalue weighted by atomic mass is 79.9. The van der Waals surface area contributed by atoms with Crippen LogP contribution in [0.5, 0.6) is 0 Å². The molecular weight excluding hydrogens is 322 g/mol. The third kappa shape index (κ3) is 3.31. The molecule has 1 aromatic rings. The van der Waals surface area contributed by atoms with Gasteiger partial charge in [-0.2, -0.15) is 0 Å². The lowest BCUT2D eigenvalue weighted by Crippen LogP contribution is -2.30. The van der Waals surface area contributed by atoms with Crippen LogP contribution >= 0.6 is 31.9 Å². The van der Waals surface area contributed by atoms with Gasteiger partial charge in [-0.15, -0.1) is 0 Å². The number of hydrogen-bond acceptors (Lipinski definition) is 1. The van der Waals surface area contributed by atoms with E-state index in [0.717, 1.165) is 22.0 Å². The molecule has 0 radical (unpaired) electrons. The molecule has 0 aliphatic heterocycles. The number of rotatable bonds is 3. The van der Waals surface area contributed by atoms with E-state index in [9.17, 15) is 4.79 Å². The molecular formula is C11H13Br2NO. The van der Waals surface area contributed by atoms with Crippen LogP contribution in [0.25, 0.3) is 0 Å². The summed E-state index contributed by atoms with van der Waals surface area (Å²) in [5.41, 5.74) is 0.708. The Labute approximate surface area is 107 Å². The second kappa shape index (κ2) is 5.66. The fourth-order valence-corrected chi connectivity index (χ4v) is 2.66. The van der Waals surface area contributed by atoms with Crippen LogP contribution < -0.4 is 0 Å². The molecule has 0 bridgehead atoms. The number of hydrogen-bond donors (Lipinski definition) is 0. The Morgan fingerprint density at radius 2 is 1.60 bits per heavy atom. The highest BCUT2D eigenvalue weighted by Crippen LogP contribution is 2.21. The van der Waals surface area contributed by atoms with Crippen LogP contribution in [0.2, 0.25) is 0 Å². The Bertz CT molecular complexity index is 341. The maximum atomic E-state index is 12.0. The molecule has 0 fully saturated rings. The van der Waals surface area contributed by atoms with Gasteiger partial charge in [-0.3, -0.25) is 4.79 Å². The molecule has 0 saturated carbocycles. The van der Waals surface area contributed by atoms with Crippen molar-refractivity contribution in [3.8, 4) is 0 Å². The Kier molecular flexibility index (Phi) is 4.80. The first kappa shape index (κ1) is 12.7. The van der Waals surface area contributed by atoms with E-state index in [2.05, 4.69) is 31.9 Å². The summed E-state index contributed by atoms with van der Waals surface area (Å²) in [6.07, 6.45) is 0. The van der Waals surface area contributed by atoms with Gasteiger partial charge in [0.05, 0.1) is 0 Å². The van der Waals surface area contributed by atoms with Crippen LogP contribution in [0.1, 0.15) is 24.2 Å². The van der Waals surface area contributed by atoms with Crippen molar-refractivity contribution >= 4 is 37.8 Å². The summed E-state index contributed by atoms with van der Waals surface area (Å²) in [6.45, 7) is 5.43. The number of carbonyl (C=O) groups excluding carboxylic acids is 1. The van der Waals surface area contributed by atoms with Crippen molar-refractivity contribution in [2.75, 3.05) is 13.1 Å². The topological polar surface area (TPSA) is 20.3 Å². The van der Waals surface area contributed by atoms with Gasteiger partial charge in [0.2, 0.25) is 0 Å². The van der Waals surface area contributed by atoms with E-state index < -0.39 is 0 Å². The summed E-state index contributed by atoms with van der Waals surface area (Å²) in [5, 5.41) is 0. The normalized spacial score (nSPS) is 10.1. The largest absolute Gasteiger partial charge is 0.339 e. The lowest BCUT2D eigenvalue weighted by Gasteiger charge is -2.18. The van der Waals surface area contributed by atoms with Crippen molar-refractivity contribution in [3.05, 3.63) is 32.7 Å². The molecule has 15 heavy (non-hydrogen) atoms. The van der Waals surface area contributed by atoms with Crippen molar-refractivity contribution in [1.82, 2.24) is 4.90 Å². The summed E-state index contributed by atoms with van der Waals surface area (Å²) >= 11 is 6.75. The van der Waals surface area contributed by atoms with E-state index in [1.54, 1.807) is 4.90 Å². The second-order valence-electron chi connectivity index (χ2n) is 3.14. The maximum absolute atomic E-state index is 12.0. The number of carbonyl (C=O) groups is 1. The van der Waals surface area contributed by atoms with Gasteiger partial charge in [-0.1, -0.05) is 31.9 Å². The minimum atomic E-state index is 0.0713. The second-order valence-corrected chi connectivity index (χ2v) is 4.97. The van der Waals surface area contributed by atoms with E-state index in [1.807, 2.05) is 32.0 Å². The van der Waals surface area contributed by atoms with Crippen LogP contribution in [-0.4, -0.2) is 23.9 Å². The van der Waals surface area contributed by atoms with E-state index in [1.165, 1.54) is 0 Å². The molecule has 0 saturated heterocycles. The molecule has 0 spiro atoms. The van der Waals surface area contributed by atoms with Crippen LogP contribution in [0.15, 0.2) is 27.1 Å². The van der Waals surface area contributed by atoms with E-state index in [-0.39, 0.29) is 5.91 Å². The molecule has 1 rings (SSSR count). The fraction of sp³-hybridized carbons (Fsp3) is 0.364. The predicted molar refractivity (Wildman–Crippen MR) is 69.1 cm³/mol. The molecule has 0 aliphatic rings. The lowest BCUT2D eigenvalue weighted by molar-refractivity contribution is 0.0773. The first-order valence-electron chi connectivity index (χ1n) is 4.83. The molecule has 0 atom stereocenters. The zero-order valence-electron chi connectivity index (χ0n) is 8.76. The zero-order chi connectivity index (χ0) is 11.4. The van der Waals surface area contributed by atoms with Crippen LogP contribution in [0, 0.1) is 0 Å². The van der Waals surface area contributed by atoms with Crippen molar-refractivity contribution < 1.29 is 4.79 Å². The van der Waals surface area contributed by atoms with E-state index >= 15 is 0 Å². The van der Waals surface area contributed by atoms with Crippen LogP contribution in [-0.2, 0) is 0 Å². The average molecular weight is 335 g/mol. The van der Waals surface area contributed by atoms with Gasteiger partial charge >= 0.3 is 0 Å². The number of halogens is 2. The highest BCUT2D eigenvalue weighted by Gasteiger charge is 2.13. The van der Waals surface area contributed by atoms with E-state index in [4.69, 9.17) is 0 Å². The summed E-state index contributed by atoms with van der Waals surface area (Å²) in [7, 11) is 0. The van der Waals surface area contributed by atoms with Crippen LogP contribution in [0.4, 0.5) is 0 Å². The summed E-state index contributed by atoms with van der Waals surface area (Å²) in [4.78, 5) is 13.8. The van der Waals surface area contributed by atoms with Gasteiger partial charge < -0.3 is 4.90 Å². The SMILES string of the molecule is CCN(CC)C(=O)c1cc(Br)cc(Br)c1. The summed E-state index contributed by atoms with van der Waals surface area (Å²) in [5.74, 6) is 0.0713. The quantitative estimate of drug-likeness (QED) is 0.825. The molecule has 0 aliphatic carbocycles. The molecule has 2 nitrogen and oxygen atoms in total. The maximum Gasteiger partial charge on any atom is 0.253 e. The smallest absolute Gasteiger partial charge is 0.253 e. The van der Waals surface area contributed by atoms with Crippen molar-refractivity contribution in [2.45, 2.75) is 13.8 Å². The van der Waals surface area contributed by atoms with Gasteiger partial charge in [0.15, 0.2) is 0 Å². The Balaban J connectivity index is 3.00. The van der Waals surface area contributed by atoms with Crippen LogP contribution in [0.3, 0.4) is 0 Å². The number of amides is 1. The fourth-order valence-electron chi connectivity index (χ4n) is 1.37. The van der Waals surface area contributed by atoms with Gasteiger partial charge in [0, 0.05) is 27.6 Å². The Morgan fingerprint density at radius 3 is 2.00 bits per heavy atom. The third-order valence-electron chi connectivity index (χ3n) is 2.16. The molecule has 82 valence electrons. The Morgan fingerprint density at radius 1 is 1.13 bits per heavy atom. The third-order valence-corrected chi connectivity index (χ3v) is 3.08. The molecule has 1 amide bonds. The minimum Gasteiger partial charge on any atom is -0.339 e.